The molecule has 0 saturated carbocycles. The maximum absolute atomic E-state index is 12.7. The van der Waals surface area contributed by atoms with E-state index in [1.165, 1.54) is 31.4 Å². The number of carbonyl (C=O) groups excluding carboxylic acids is 3. The average molecular weight is 499 g/mol. The van der Waals surface area contributed by atoms with E-state index in [9.17, 15) is 23.2 Å². The molecule has 4 rings (SSSR count). The first-order valence-electron chi connectivity index (χ1n) is 10.4. The Morgan fingerprint density at radius 3 is 2.77 bits per heavy atom. The zero-order valence-electron chi connectivity index (χ0n) is 18.4. The van der Waals surface area contributed by atoms with Gasteiger partial charge in [-0.15, -0.1) is 0 Å². The van der Waals surface area contributed by atoms with Gasteiger partial charge < -0.3 is 14.8 Å². The van der Waals surface area contributed by atoms with Crippen molar-refractivity contribution in [2.24, 2.45) is 0 Å². The Balaban J connectivity index is 1.41. The molecule has 11 heteroatoms. The number of amides is 3. The van der Waals surface area contributed by atoms with Crippen LogP contribution in [-0.4, -0.2) is 53.7 Å². The normalized spacial score (nSPS) is 14.7. The minimum atomic E-state index is -3.01. The van der Waals surface area contributed by atoms with E-state index in [4.69, 9.17) is 4.74 Å². The van der Waals surface area contributed by atoms with Gasteiger partial charge in [0, 0.05) is 30.2 Å². The smallest absolute Gasteiger partial charge is 0.387 e. The predicted molar refractivity (Wildman–Crippen MR) is 126 cm³/mol. The van der Waals surface area contributed by atoms with Crippen LogP contribution < -0.4 is 14.8 Å². The molecule has 1 aromatic heterocycles. The highest BCUT2D eigenvalue weighted by Gasteiger charge is 2.34. The zero-order valence-corrected chi connectivity index (χ0v) is 19.2. The van der Waals surface area contributed by atoms with Gasteiger partial charge in [-0.1, -0.05) is 18.2 Å². The molecule has 1 fully saturated rings. The molecule has 0 radical (unpaired) electrons. The predicted octanol–water partition coefficient (Wildman–Crippen LogP) is 4.31. The van der Waals surface area contributed by atoms with Crippen molar-refractivity contribution >= 4 is 45.8 Å². The lowest BCUT2D eigenvalue weighted by molar-refractivity contribution is -0.122. The van der Waals surface area contributed by atoms with Crippen molar-refractivity contribution in [3.8, 4) is 11.5 Å². The second kappa shape index (κ2) is 10.5. The number of alkyl halides is 2. The number of benzene rings is 2. The van der Waals surface area contributed by atoms with Crippen LogP contribution in [0.2, 0.25) is 0 Å². The second-order valence-corrected chi connectivity index (χ2v) is 8.25. The lowest BCUT2D eigenvalue weighted by Crippen LogP contribution is -2.37. The summed E-state index contributed by atoms with van der Waals surface area (Å²) < 4.78 is 34.5. The second-order valence-electron chi connectivity index (χ2n) is 7.25. The van der Waals surface area contributed by atoms with Crippen LogP contribution in [0.4, 0.5) is 13.6 Å². The van der Waals surface area contributed by atoms with Crippen molar-refractivity contribution in [1.29, 1.82) is 0 Å². The molecule has 8 nitrogen and oxygen atoms in total. The molecule has 1 aliphatic heterocycles. The summed E-state index contributed by atoms with van der Waals surface area (Å²) in [5.74, 6) is -0.949. The Bertz CT molecular complexity index is 1330. The van der Waals surface area contributed by atoms with Gasteiger partial charge in [0.05, 0.1) is 17.5 Å². The summed E-state index contributed by atoms with van der Waals surface area (Å²) in [6, 6.07) is 12.9. The van der Waals surface area contributed by atoms with Gasteiger partial charge in [0.15, 0.2) is 11.5 Å². The molecule has 2 aromatic carbocycles. The number of rotatable bonds is 8. The van der Waals surface area contributed by atoms with Crippen LogP contribution >= 0.6 is 11.8 Å². The Morgan fingerprint density at radius 1 is 1.17 bits per heavy atom. The maximum Gasteiger partial charge on any atom is 0.387 e. The molecular formula is C24H19F2N3O5S. The van der Waals surface area contributed by atoms with Crippen molar-refractivity contribution in [3.05, 3.63) is 70.8 Å². The molecule has 2 heterocycles. The molecule has 0 unspecified atom stereocenters. The molecule has 1 N–H and O–H groups in total. The lowest BCUT2D eigenvalue weighted by Gasteiger charge is -2.13. The Labute approximate surface area is 202 Å². The number of halogens is 2. The Hall–Kier alpha value is -3.99. The minimum absolute atomic E-state index is 0.0126. The lowest BCUT2D eigenvalue weighted by atomic mass is 10.1. The number of pyridine rings is 1. The largest absolute Gasteiger partial charge is 0.493 e. The number of imide groups is 1. The summed E-state index contributed by atoms with van der Waals surface area (Å²) in [6.07, 6.45) is 3.10. The third kappa shape index (κ3) is 5.40. The minimum Gasteiger partial charge on any atom is -0.493 e. The van der Waals surface area contributed by atoms with Gasteiger partial charge in [-0.3, -0.25) is 24.3 Å². The number of fused-ring (bicyclic) bond motifs is 1. The average Bonchev–Trinajstić information content (AvgIpc) is 3.11. The molecule has 0 spiro atoms. The van der Waals surface area contributed by atoms with Crippen molar-refractivity contribution in [3.63, 3.8) is 0 Å². The van der Waals surface area contributed by atoms with Gasteiger partial charge in [0.2, 0.25) is 0 Å². The molecule has 180 valence electrons. The fourth-order valence-electron chi connectivity index (χ4n) is 3.49. The first-order chi connectivity index (χ1) is 16.9. The molecule has 0 bridgehead atoms. The molecule has 0 atom stereocenters. The van der Waals surface area contributed by atoms with E-state index in [0.717, 1.165) is 16.7 Å². The van der Waals surface area contributed by atoms with Gasteiger partial charge in [-0.2, -0.15) is 8.78 Å². The monoisotopic (exact) mass is 499 g/mol. The molecule has 1 saturated heterocycles. The standard InChI is InChI=1S/C24H19F2N3O5S/c1-33-19-12-14(7-8-18(19)34-23(25)26)13-20-22(31)29(24(32)35-20)11-10-28-21(30)16-4-2-6-17-15(16)5-3-9-27-17/h2-9,12-13,23H,10-11H2,1H3,(H,28,30)/b20-13-. The molecule has 3 aromatic rings. The highest BCUT2D eigenvalue weighted by Crippen LogP contribution is 2.34. The van der Waals surface area contributed by atoms with Crippen LogP contribution in [0.1, 0.15) is 15.9 Å². The van der Waals surface area contributed by atoms with E-state index in [1.54, 1.807) is 36.5 Å². The van der Waals surface area contributed by atoms with Gasteiger partial charge >= 0.3 is 6.61 Å². The van der Waals surface area contributed by atoms with Crippen LogP contribution in [0.5, 0.6) is 11.5 Å². The van der Waals surface area contributed by atoms with E-state index in [1.807, 2.05) is 0 Å². The van der Waals surface area contributed by atoms with E-state index in [0.29, 0.717) is 22.0 Å². The van der Waals surface area contributed by atoms with Crippen LogP contribution in [0.15, 0.2) is 59.6 Å². The summed E-state index contributed by atoms with van der Waals surface area (Å²) in [4.78, 5) is 43.2. The number of thioether (sulfide) groups is 1. The summed E-state index contributed by atoms with van der Waals surface area (Å²) in [7, 11) is 1.30. The summed E-state index contributed by atoms with van der Waals surface area (Å²) in [6.45, 7) is -2.96. The van der Waals surface area contributed by atoms with Crippen LogP contribution in [0.3, 0.4) is 0 Å². The quantitative estimate of drug-likeness (QED) is 0.461. The number of nitrogens with zero attached hydrogens (tertiary/aromatic N) is 2. The first-order valence-corrected chi connectivity index (χ1v) is 11.2. The number of hydrogen-bond acceptors (Lipinski definition) is 7. The zero-order chi connectivity index (χ0) is 24.9. The Kier molecular flexibility index (Phi) is 7.25. The molecule has 3 amide bonds. The van der Waals surface area contributed by atoms with Crippen molar-refractivity contribution in [2.45, 2.75) is 6.61 Å². The number of ether oxygens (including phenoxy) is 2. The molecule has 1 aliphatic rings. The fraction of sp³-hybridized carbons (Fsp3) is 0.167. The van der Waals surface area contributed by atoms with Gasteiger partial charge in [-0.25, -0.2) is 0 Å². The molecule has 0 aliphatic carbocycles. The molecular weight excluding hydrogens is 480 g/mol. The number of aromatic nitrogens is 1. The van der Waals surface area contributed by atoms with E-state index in [-0.39, 0.29) is 35.4 Å². The Morgan fingerprint density at radius 2 is 2.00 bits per heavy atom. The van der Waals surface area contributed by atoms with Crippen LogP contribution in [0.25, 0.3) is 17.0 Å². The van der Waals surface area contributed by atoms with Crippen molar-refractivity contribution in [2.75, 3.05) is 20.2 Å². The fourth-order valence-corrected chi connectivity index (χ4v) is 4.35. The number of methoxy groups -OCH3 is 1. The third-order valence-corrected chi connectivity index (χ3v) is 5.99. The summed E-state index contributed by atoms with van der Waals surface area (Å²) in [5.41, 5.74) is 1.59. The van der Waals surface area contributed by atoms with Crippen molar-refractivity contribution in [1.82, 2.24) is 15.2 Å². The summed E-state index contributed by atoms with van der Waals surface area (Å²) >= 11 is 0.748. The highest BCUT2D eigenvalue weighted by atomic mass is 32.2. The number of hydrogen-bond donors (Lipinski definition) is 1. The van der Waals surface area contributed by atoms with E-state index in [2.05, 4.69) is 15.0 Å². The summed E-state index contributed by atoms with van der Waals surface area (Å²) in [5, 5.41) is 2.95. The topological polar surface area (TPSA) is 97.8 Å². The first kappa shape index (κ1) is 24.1. The SMILES string of the molecule is COc1cc(/C=C2\SC(=O)N(CCNC(=O)c3cccc4ncccc34)C2=O)ccc1OC(F)F. The van der Waals surface area contributed by atoms with Crippen LogP contribution in [0, 0.1) is 0 Å². The third-order valence-electron chi connectivity index (χ3n) is 5.09. The molecule has 35 heavy (non-hydrogen) atoms. The van der Waals surface area contributed by atoms with Gasteiger partial charge in [0.1, 0.15) is 0 Å². The maximum atomic E-state index is 12.7. The van der Waals surface area contributed by atoms with Crippen LogP contribution in [-0.2, 0) is 4.79 Å². The van der Waals surface area contributed by atoms with Gasteiger partial charge in [0.25, 0.3) is 17.1 Å². The van der Waals surface area contributed by atoms with Crippen molar-refractivity contribution < 1.29 is 32.6 Å². The highest BCUT2D eigenvalue weighted by molar-refractivity contribution is 8.18. The van der Waals surface area contributed by atoms with E-state index >= 15 is 0 Å². The van der Waals surface area contributed by atoms with E-state index < -0.39 is 17.8 Å². The van der Waals surface area contributed by atoms with Gasteiger partial charge in [-0.05, 0) is 53.7 Å². The number of carbonyl (C=O) groups is 3. The number of nitrogens with one attached hydrogen (secondary N) is 1.